The molecule has 1 fully saturated rings. The second-order valence-corrected chi connectivity index (χ2v) is 4.58. The van der Waals surface area contributed by atoms with Gasteiger partial charge in [-0.05, 0) is 24.0 Å². The molecule has 0 spiro atoms. The Kier molecular flexibility index (Phi) is 3.28. The Balaban J connectivity index is 2.35. The largest absolute Gasteiger partial charge is 0.392 e. The number of aliphatic hydroxyl groups excluding tert-OH is 1. The number of nitro groups is 1. The van der Waals surface area contributed by atoms with Gasteiger partial charge in [-0.1, -0.05) is 13.0 Å². The SMILES string of the molecule is CC1CCN(c2ccc(CO)cc2[N+](=O)[O-])C1. The summed E-state index contributed by atoms with van der Waals surface area (Å²) in [5.41, 5.74) is 1.33. The van der Waals surface area contributed by atoms with E-state index in [-0.39, 0.29) is 17.2 Å². The van der Waals surface area contributed by atoms with E-state index in [4.69, 9.17) is 5.11 Å². The minimum atomic E-state index is -0.377. The highest BCUT2D eigenvalue weighted by Crippen LogP contribution is 2.32. The zero-order valence-electron chi connectivity index (χ0n) is 9.80. The number of nitro benzene ring substituents is 1. The number of hydrogen-bond donors (Lipinski definition) is 1. The van der Waals surface area contributed by atoms with E-state index < -0.39 is 0 Å². The number of nitrogens with zero attached hydrogens (tertiary/aromatic N) is 2. The highest BCUT2D eigenvalue weighted by molar-refractivity contribution is 5.64. The van der Waals surface area contributed by atoms with E-state index in [0.717, 1.165) is 19.5 Å². The molecule has 0 aliphatic carbocycles. The molecule has 5 nitrogen and oxygen atoms in total. The first-order valence-corrected chi connectivity index (χ1v) is 5.75. The van der Waals surface area contributed by atoms with E-state index in [2.05, 4.69) is 6.92 Å². The van der Waals surface area contributed by atoms with Crippen LogP contribution < -0.4 is 4.90 Å². The molecule has 0 aromatic heterocycles. The van der Waals surface area contributed by atoms with Crippen molar-refractivity contribution in [1.82, 2.24) is 0 Å². The topological polar surface area (TPSA) is 66.6 Å². The van der Waals surface area contributed by atoms with Crippen molar-refractivity contribution in [2.45, 2.75) is 20.0 Å². The third-order valence-corrected chi connectivity index (χ3v) is 3.18. The second kappa shape index (κ2) is 4.71. The van der Waals surface area contributed by atoms with E-state index in [9.17, 15) is 10.1 Å². The number of anilines is 1. The maximum absolute atomic E-state index is 11.0. The molecule has 1 unspecified atom stereocenters. The molecule has 0 bridgehead atoms. The van der Waals surface area contributed by atoms with Gasteiger partial charge in [0.05, 0.1) is 11.5 Å². The summed E-state index contributed by atoms with van der Waals surface area (Å²) in [6.45, 7) is 3.70. The minimum Gasteiger partial charge on any atom is -0.392 e. The Morgan fingerprint density at radius 1 is 1.59 bits per heavy atom. The second-order valence-electron chi connectivity index (χ2n) is 4.58. The van der Waals surface area contributed by atoms with E-state index in [1.807, 2.05) is 4.90 Å². The maximum atomic E-state index is 11.0. The molecule has 0 amide bonds. The van der Waals surface area contributed by atoms with Gasteiger partial charge in [0.15, 0.2) is 0 Å². The van der Waals surface area contributed by atoms with Crippen LogP contribution in [-0.4, -0.2) is 23.1 Å². The summed E-state index contributed by atoms with van der Waals surface area (Å²) in [7, 11) is 0. The zero-order valence-corrected chi connectivity index (χ0v) is 9.80. The molecule has 5 heteroatoms. The highest BCUT2D eigenvalue weighted by Gasteiger charge is 2.25. The lowest BCUT2D eigenvalue weighted by Gasteiger charge is -2.18. The molecular weight excluding hydrogens is 220 g/mol. The molecule has 92 valence electrons. The fraction of sp³-hybridized carbons (Fsp3) is 0.500. The highest BCUT2D eigenvalue weighted by atomic mass is 16.6. The molecule has 1 aromatic rings. The van der Waals surface area contributed by atoms with Gasteiger partial charge in [-0.25, -0.2) is 0 Å². The van der Waals surface area contributed by atoms with Crippen LogP contribution in [0, 0.1) is 16.0 Å². The van der Waals surface area contributed by atoms with Gasteiger partial charge in [0.2, 0.25) is 0 Å². The fourth-order valence-electron chi connectivity index (χ4n) is 2.23. The van der Waals surface area contributed by atoms with Gasteiger partial charge < -0.3 is 10.0 Å². The van der Waals surface area contributed by atoms with Crippen molar-refractivity contribution < 1.29 is 10.0 Å². The monoisotopic (exact) mass is 236 g/mol. The predicted molar refractivity (Wildman–Crippen MR) is 65.0 cm³/mol. The molecule has 1 heterocycles. The number of hydrogen-bond acceptors (Lipinski definition) is 4. The van der Waals surface area contributed by atoms with Crippen LogP contribution in [0.4, 0.5) is 11.4 Å². The van der Waals surface area contributed by atoms with Crippen molar-refractivity contribution in [3.05, 3.63) is 33.9 Å². The molecule has 1 aliphatic heterocycles. The van der Waals surface area contributed by atoms with Crippen LogP contribution in [-0.2, 0) is 6.61 Å². The van der Waals surface area contributed by atoms with Crippen molar-refractivity contribution in [2.75, 3.05) is 18.0 Å². The van der Waals surface area contributed by atoms with Gasteiger partial charge in [-0.15, -0.1) is 0 Å². The standard InChI is InChI=1S/C12H16N2O3/c1-9-4-5-13(7-9)11-3-2-10(8-15)6-12(11)14(16)17/h2-3,6,9,15H,4-5,7-8H2,1H3. The first kappa shape index (κ1) is 11.9. The van der Waals surface area contributed by atoms with Crippen LogP contribution in [0.1, 0.15) is 18.9 Å². The number of benzene rings is 1. The summed E-state index contributed by atoms with van der Waals surface area (Å²) in [5.74, 6) is 0.576. The van der Waals surface area contributed by atoms with Crippen molar-refractivity contribution in [3.8, 4) is 0 Å². The van der Waals surface area contributed by atoms with Crippen LogP contribution in [0.3, 0.4) is 0 Å². The first-order chi connectivity index (χ1) is 8.11. The van der Waals surface area contributed by atoms with Crippen molar-refractivity contribution in [3.63, 3.8) is 0 Å². The molecular formula is C12H16N2O3. The third kappa shape index (κ3) is 2.39. The van der Waals surface area contributed by atoms with Crippen LogP contribution >= 0.6 is 0 Å². The van der Waals surface area contributed by atoms with Crippen LogP contribution in [0.5, 0.6) is 0 Å². The van der Waals surface area contributed by atoms with Gasteiger partial charge in [0.1, 0.15) is 5.69 Å². The van der Waals surface area contributed by atoms with Gasteiger partial charge in [0, 0.05) is 19.2 Å². The van der Waals surface area contributed by atoms with Gasteiger partial charge in [-0.2, -0.15) is 0 Å². The summed E-state index contributed by atoms with van der Waals surface area (Å²) in [6, 6.07) is 4.94. The summed E-state index contributed by atoms with van der Waals surface area (Å²) >= 11 is 0. The van der Waals surface area contributed by atoms with E-state index in [0.29, 0.717) is 17.2 Å². The Bertz CT molecular complexity index is 434. The Hall–Kier alpha value is -1.62. The molecule has 17 heavy (non-hydrogen) atoms. The van der Waals surface area contributed by atoms with Crippen molar-refractivity contribution in [1.29, 1.82) is 0 Å². The summed E-state index contributed by atoms with van der Waals surface area (Å²) in [4.78, 5) is 12.7. The molecule has 1 saturated heterocycles. The van der Waals surface area contributed by atoms with Crippen LogP contribution in [0.15, 0.2) is 18.2 Å². The number of aliphatic hydroxyl groups is 1. The smallest absolute Gasteiger partial charge is 0.292 e. The molecule has 0 saturated carbocycles. The van der Waals surface area contributed by atoms with Gasteiger partial charge >= 0.3 is 0 Å². The molecule has 1 atom stereocenters. The zero-order chi connectivity index (χ0) is 12.4. The van der Waals surface area contributed by atoms with E-state index in [1.165, 1.54) is 6.07 Å². The molecule has 1 aromatic carbocycles. The van der Waals surface area contributed by atoms with Crippen LogP contribution in [0.25, 0.3) is 0 Å². The summed E-state index contributed by atoms with van der Waals surface area (Å²) < 4.78 is 0. The Morgan fingerprint density at radius 2 is 2.35 bits per heavy atom. The predicted octanol–water partition coefficient (Wildman–Crippen LogP) is 1.93. The third-order valence-electron chi connectivity index (χ3n) is 3.18. The molecule has 1 N–H and O–H groups in total. The Labute approximate surface area is 99.8 Å². The average Bonchev–Trinajstić information content (AvgIpc) is 2.75. The summed E-state index contributed by atoms with van der Waals surface area (Å²) in [6.07, 6.45) is 1.07. The molecule has 2 rings (SSSR count). The Morgan fingerprint density at radius 3 is 2.88 bits per heavy atom. The average molecular weight is 236 g/mol. The first-order valence-electron chi connectivity index (χ1n) is 5.75. The molecule has 0 radical (unpaired) electrons. The normalized spacial score (nSPS) is 19.6. The number of rotatable bonds is 3. The maximum Gasteiger partial charge on any atom is 0.292 e. The quantitative estimate of drug-likeness (QED) is 0.643. The van der Waals surface area contributed by atoms with E-state index in [1.54, 1.807) is 12.1 Å². The van der Waals surface area contributed by atoms with Gasteiger partial charge in [0.25, 0.3) is 5.69 Å². The molecule has 1 aliphatic rings. The lowest BCUT2D eigenvalue weighted by molar-refractivity contribution is -0.384. The van der Waals surface area contributed by atoms with Crippen LogP contribution in [0.2, 0.25) is 0 Å². The van der Waals surface area contributed by atoms with E-state index >= 15 is 0 Å². The lowest BCUT2D eigenvalue weighted by atomic mass is 10.1. The minimum absolute atomic E-state index is 0.0886. The van der Waals surface area contributed by atoms with Crippen molar-refractivity contribution in [2.24, 2.45) is 5.92 Å². The lowest BCUT2D eigenvalue weighted by Crippen LogP contribution is -2.20. The van der Waals surface area contributed by atoms with Crippen molar-refractivity contribution >= 4 is 11.4 Å². The summed E-state index contributed by atoms with van der Waals surface area (Å²) in [5, 5.41) is 20.0. The van der Waals surface area contributed by atoms with Gasteiger partial charge in [-0.3, -0.25) is 10.1 Å². The fourth-order valence-corrected chi connectivity index (χ4v) is 2.23.